The van der Waals surface area contributed by atoms with Crippen molar-refractivity contribution in [3.63, 3.8) is 0 Å². The molecule has 1 saturated heterocycles. The molecular formula is C22H18NO7S-. The lowest BCUT2D eigenvalue weighted by Crippen LogP contribution is -2.34. The summed E-state index contributed by atoms with van der Waals surface area (Å²) in [6, 6.07) is 13.1. The number of hydrogen-bond acceptors (Lipinski definition) is 8. The Morgan fingerprint density at radius 1 is 1.13 bits per heavy atom. The van der Waals surface area contributed by atoms with Crippen molar-refractivity contribution in [3.05, 3.63) is 70.1 Å². The number of amides is 2. The topological polar surface area (TPSA) is 113 Å². The van der Waals surface area contributed by atoms with E-state index < -0.39 is 29.6 Å². The first-order chi connectivity index (χ1) is 14.9. The second-order valence-corrected chi connectivity index (χ2v) is 7.41. The van der Waals surface area contributed by atoms with E-state index in [-0.39, 0.29) is 23.7 Å². The maximum absolute atomic E-state index is 12.4. The van der Waals surface area contributed by atoms with Gasteiger partial charge in [0.1, 0.15) is 18.9 Å². The van der Waals surface area contributed by atoms with E-state index >= 15 is 0 Å². The van der Waals surface area contributed by atoms with Gasteiger partial charge in [-0.2, -0.15) is 0 Å². The van der Waals surface area contributed by atoms with Crippen LogP contribution in [0.3, 0.4) is 0 Å². The van der Waals surface area contributed by atoms with Crippen molar-refractivity contribution in [1.29, 1.82) is 0 Å². The molecule has 0 radical (unpaired) electrons. The van der Waals surface area contributed by atoms with E-state index in [1.165, 1.54) is 12.1 Å². The molecule has 0 aromatic heterocycles. The summed E-state index contributed by atoms with van der Waals surface area (Å²) in [6.45, 7) is 1.57. The van der Waals surface area contributed by atoms with Crippen LogP contribution >= 0.6 is 11.8 Å². The fourth-order valence-corrected chi connectivity index (χ4v) is 3.58. The number of aromatic carboxylic acids is 1. The van der Waals surface area contributed by atoms with Crippen molar-refractivity contribution in [2.75, 3.05) is 13.2 Å². The molecular weight excluding hydrogens is 422 g/mol. The van der Waals surface area contributed by atoms with Crippen molar-refractivity contribution in [3.8, 4) is 5.75 Å². The summed E-state index contributed by atoms with van der Waals surface area (Å²) in [7, 11) is 0. The zero-order valence-corrected chi connectivity index (χ0v) is 17.3. The monoisotopic (exact) mass is 440 g/mol. The van der Waals surface area contributed by atoms with Crippen LogP contribution in [0, 0.1) is 0 Å². The van der Waals surface area contributed by atoms with Gasteiger partial charge < -0.3 is 19.4 Å². The molecule has 1 aliphatic heterocycles. The highest BCUT2D eigenvalue weighted by Crippen LogP contribution is 2.32. The van der Waals surface area contributed by atoms with E-state index in [0.717, 1.165) is 16.7 Å². The molecule has 1 aliphatic rings. The summed E-state index contributed by atoms with van der Waals surface area (Å²) in [5.74, 6) is -1.89. The maximum atomic E-state index is 12.4. The van der Waals surface area contributed by atoms with Gasteiger partial charge in [-0.15, -0.1) is 0 Å². The number of benzene rings is 2. The van der Waals surface area contributed by atoms with Crippen LogP contribution in [0.1, 0.15) is 28.4 Å². The normalized spacial score (nSPS) is 14.7. The zero-order valence-electron chi connectivity index (χ0n) is 16.5. The quantitative estimate of drug-likeness (QED) is 0.454. The van der Waals surface area contributed by atoms with Gasteiger partial charge in [-0.3, -0.25) is 19.3 Å². The van der Waals surface area contributed by atoms with Crippen LogP contribution in [-0.2, 0) is 20.9 Å². The number of ether oxygens (including phenoxy) is 2. The van der Waals surface area contributed by atoms with E-state index in [4.69, 9.17) is 9.47 Å². The van der Waals surface area contributed by atoms with E-state index in [1.54, 1.807) is 49.4 Å². The van der Waals surface area contributed by atoms with Gasteiger partial charge in [0.05, 0.1) is 17.5 Å². The Labute approximate surface area is 182 Å². The third kappa shape index (κ3) is 5.73. The lowest BCUT2D eigenvalue weighted by Gasteiger charge is -2.10. The van der Waals surface area contributed by atoms with Gasteiger partial charge in [0.15, 0.2) is 0 Å². The number of carboxylic acid groups (broad SMARTS) is 1. The predicted octanol–water partition coefficient (Wildman–Crippen LogP) is 2.23. The van der Waals surface area contributed by atoms with Crippen molar-refractivity contribution < 1.29 is 33.8 Å². The van der Waals surface area contributed by atoms with Gasteiger partial charge in [0.2, 0.25) is 0 Å². The molecule has 2 amide bonds. The number of nitrogens with zero attached hydrogens (tertiary/aromatic N) is 1. The minimum absolute atomic E-state index is 0.0772. The van der Waals surface area contributed by atoms with Crippen LogP contribution in [-0.4, -0.2) is 41.1 Å². The molecule has 160 valence electrons. The minimum atomic E-state index is -1.25. The van der Waals surface area contributed by atoms with Crippen LogP contribution in [0.25, 0.3) is 6.08 Å². The van der Waals surface area contributed by atoms with Crippen molar-refractivity contribution in [1.82, 2.24) is 4.90 Å². The lowest BCUT2D eigenvalue weighted by atomic mass is 10.1. The highest BCUT2D eigenvalue weighted by atomic mass is 32.2. The first-order valence-electron chi connectivity index (χ1n) is 9.31. The lowest BCUT2D eigenvalue weighted by molar-refractivity contribution is -0.255. The molecule has 2 aromatic carbocycles. The smallest absolute Gasteiger partial charge is 0.326 e. The molecule has 1 fully saturated rings. The van der Waals surface area contributed by atoms with Gasteiger partial charge in [0, 0.05) is 0 Å². The summed E-state index contributed by atoms with van der Waals surface area (Å²) < 4.78 is 10.4. The molecule has 0 aliphatic carbocycles. The Bertz CT molecular complexity index is 1050. The van der Waals surface area contributed by atoms with Crippen LogP contribution in [0.5, 0.6) is 5.75 Å². The SMILES string of the molecule is CCOC(=O)CN1C(=O)S/C(=C/c2ccc(OCc3cccc(C(=O)[O-])c3)cc2)C1=O. The Morgan fingerprint density at radius 3 is 2.55 bits per heavy atom. The Kier molecular flexibility index (Phi) is 7.09. The number of imide groups is 1. The average Bonchev–Trinajstić information content (AvgIpc) is 3.01. The highest BCUT2D eigenvalue weighted by molar-refractivity contribution is 8.18. The maximum Gasteiger partial charge on any atom is 0.326 e. The molecule has 9 heteroatoms. The average molecular weight is 440 g/mol. The van der Waals surface area contributed by atoms with Gasteiger partial charge in [-0.05, 0) is 59.7 Å². The summed E-state index contributed by atoms with van der Waals surface area (Å²) in [4.78, 5) is 48.0. The number of carbonyl (C=O) groups excluding carboxylic acids is 4. The summed E-state index contributed by atoms with van der Waals surface area (Å²) in [5.41, 5.74) is 1.43. The number of carbonyl (C=O) groups is 4. The fourth-order valence-electron chi connectivity index (χ4n) is 2.74. The Balaban J connectivity index is 1.62. The summed E-state index contributed by atoms with van der Waals surface area (Å²) in [5, 5.41) is 10.4. The first-order valence-corrected chi connectivity index (χ1v) is 10.1. The Hall–Kier alpha value is -3.59. The number of rotatable bonds is 8. The number of hydrogen-bond donors (Lipinski definition) is 0. The molecule has 3 rings (SSSR count). The molecule has 0 N–H and O–H groups in total. The van der Waals surface area contributed by atoms with Crippen LogP contribution < -0.4 is 9.84 Å². The Morgan fingerprint density at radius 2 is 1.87 bits per heavy atom. The second-order valence-electron chi connectivity index (χ2n) is 6.42. The second kappa shape index (κ2) is 9.94. The molecule has 0 spiro atoms. The number of esters is 1. The van der Waals surface area contributed by atoms with E-state index in [2.05, 4.69) is 0 Å². The third-order valence-corrected chi connectivity index (χ3v) is 5.12. The highest BCUT2D eigenvalue weighted by Gasteiger charge is 2.36. The summed E-state index contributed by atoms with van der Waals surface area (Å²) in [6.07, 6.45) is 1.56. The molecule has 1 heterocycles. The van der Waals surface area contributed by atoms with Crippen molar-refractivity contribution >= 4 is 40.9 Å². The van der Waals surface area contributed by atoms with Gasteiger partial charge >= 0.3 is 5.97 Å². The number of thioether (sulfide) groups is 1. The molecule has 31 heavy (non-hydrogen) atoms. The van der Waals surface area contributed by atoms with Crippen LogP contribution in [0.2, 0.25) is 0 Å². The van der Waals surface area contributed by atoms with Crippen LogP contribution in [0.15, 0.2) is 53.4 Å². The van der Waals surface area contributed by atoms with Gasteiger partial charge in [-0.25, -0.2) is 0 Å². The molecule has 2 aromatic rings. The minimum Gasteiger partial charge on any atom is -0.545 e. The molecule has 0 saturated carbocycles. The van der Waals surface area contributed by atoms with Crippen LogP contribution in [0.4, 0.5) is 4.79 Å². The number of carboxylic acids is 1. The van der Waals surface area contributed by atoms with Crippen molar-refractivity contribution in [2.24, 2.45) is 0 Å². The summed E-state index contributed by atoms with van der Waals surface area (Å²) >= 11 is 0.759. The third-order valence-electron chi connectivity index (χ3n) is 4.21. The largest absolute Gasteiger partial charge is 0.545 e. The van der Waals surface area contributed by atoms with E-state index in [1.807, 2.05) is 0 Å². The first kappa shape index (κ1) is 22.1. The zero-order chi connectivity index (χ0) is 22.4. The van der Waals surface area contributed by atoms with E-state index in [9.17, 15) is 24.3 Å². The molecule has 0 unspecified atom stereocenters. The van der Waals surface area contributed by atoms with Gasteiger partial charge in [-0.1, -0.05) is 30.3 Å². The van der Waals surface area contributed by atoms with Crippen molar-refractivity contribution in [2.45, 2.75) is 13.5 Å². The predicted molar refractivity (Wildman–Crippen MR) is 111 cm³/mol. The molecule has 8 nitrogen and oxygen atoms in total. The fraction of sp³-hybridized carbons (Fsp3) is 0.182. The van der Waals surface area contributed by atoms with E-state index in [0.29, 0.717) is 16.9 Å². The molecule has 0 atom stereocenters. The standard InChI is InChI=1S/C22H19NO7S/c1-2-29-19(24)12-23-20(25)18(31-22(23)28)11-14-6-8-17(9-7-14)30-13-15-4-3-5-16(10-15)21(26)27/h3-11H,2,12-13H2,1H3,(H,26,27)/p-1/b18-11+. The molecule has 0 bridgehead atoms. The van der Waals surface area contributed by atoms with Gasteiger partial charge in [0.25, 0.3) is 11.1 Å².